The zero-order valence-corrected chi connectivity index (χ0v) is 7.99. The van der Waals surface area contributed by atoms with Crippen molar-refractivity contribution in [1.29, 1.82) is 0 Å². The minimum absolute atomic E-state index is 0.385. The molecule has 72 valence electrons. The van der Waals surface area contributed by atoms with Crippen molar-refractivity contribution >= 4 is 22.3 Å². The van der Waals surface area contributed by atoms with Gasteiger partial charge in [0, 0.05) is 7.05 Å². The topological polar surface area (TPSA) is 60.8 Å². The molecule has 0 bridgehead atoms. The van der Waals surface area contributed by atoms with Gasteiger partial charge in [-0.3, -0.25) is 0 Å². The summed E-state index contributed by atoms with van der Waals surface area (Å²) >= 11 is 1.44. The van der Waals surface area contributed by atoms with Crippen LogP contribution in [0.1, 0.15) is 0 Å². The maximum Gasteiger partial charge on any atom is 0.328 e. The molecule has 1 unspecified atom stereocenters. The first kappa shape index (κ1) is 10.0. The average Bonchev–Trinajstić information content (AvgIpc) is 2.56. The Hall–Kier alpha value is -1.07. The molecule has 4 nitrogen and oxygen atoms in total. The third-order valence-corrected chi connectivity index (χ3v) is 2.74. The summed E-state index contributed by atoms with van der Waals surface area (Å²) in [5.74, 6) is -1.02. The molecule has 1 rings (SSSR count). The van der Waals surface area contributed by atoms with Gasteiger partial charge < -0.3 is 15.1 Å². The molecule has 0 spiro atoms. The Morgan fingerprint density at radius 1 is 1.77 bits per heavy atom. The number of carboxylic acids is 1. The number of hydrogen-bond acceptors (Lipinski definition) is 4. The highest BCUT2D eigenvalue weighted by atomic mass is 32.1. The molecule has 1 aromatic heterocycles. The van der Waals surface area contributed by atoms with Crippen LogP contribution < -0.4 is 4.90 Å². The molecule has 0 saturated carbocycles. The van der Waals surface area contributed by atoms with Crippen LogP contribution in [0.25, 0.3) is 0 Å². The van der Waals surface area contributed by atoms with E-state index in [1.165, 1.54) is 11.3 Å². The van der Waals surface area contributed by atoms with E-state index in [0.717, 1.165) is 5.00 Å². The molecular weight excluding hydrogens is 190 g/mol. The molecule has 0 aliphatic carbocycles. The Morgan fingerprint density at radius 2 is 2.46 bits per heavy atom. The average molecular weight is 201 g/mol. The summed E-state index contributed by atoms with van der Waals surface area (Å²) in [5, 5.41) is 20.3. The standard InChI is InChI=1S/C8H11NO3S/c1-9(6(5-10)8(11)12)7-3-2-4-13-7/h2-4,6,10H,5H2,1H3,(H,11,12). The molecule has 0 amide bonds. The van der Waals surface area contributed by atoms with Crippen molar-refractivity contribution in [3.63, 3.8) is 0 Å². The quantitative estimate of drug-likeness (QED) is 0.750. The molecule has 0 aliphatic rings. The van der Waals surface area contributed by atoms with Crippen molar-refractivity contribution in [3.8, 4) is 0 Å². The second-order valence-corrected chi connectivity index (χ2v) is 3.52. The van der Waals surface area contributed by atoms with E-state index in [2.05, 4.69) is 0 Å². The molecule has 0 fully saturated rings. The number of carboxylic acid groups (broad SMARTS) is 1. The van der Waals surface area contributed by atoms with Crippen LogP contribution >= 0.6 is 11.3 Å². The van der Waals surface area contributed by atoms with Crippen molar-refractivity contribution in [2.45, 2.75) is 6.04 Å². The van der Waals surface area contributed by atoms with Crippen LogP contribution in [0, 0.1) is 0 Å². The summed E-state index contributed by atoms with van der Waals surface area (Å²) in [6.45, 7) is -0.385. The summed E-state index contributed by atoms with van der Waals surface area (Å²) in [5.41, 5.74) is 0. The van der Waals surface area contributed by atoms with Gasteiger partial charge in [-0.2, -0.15) is 0 Å². The number of nitrogens with zero attached hydrogens (tertiary/aromatic N) is 1. The molecule has 0 aliphatic heterocycles. The minimum Gasteiger partial charge on any atom is -0.480 e. The molecule has 5 heteroatoms. The lowest BCUT2D eigenvalue weighted by molar-refractivity contribution is -0.139. The summed E-state index contributed by atoms with van der Waals surface area (Å²) < 4.78 is 0. The molecular formula is C8H11NO3S. The summed E-state index contributed by atoms with van der Waals surface area (Å²) in [4.78, 5) is 12.2. The van der Waals surface area contributed by atoms with Crippen molar-refractivity contribution in [2.75, 3.05) is 18.6 Å². The van der Waals surface area contributed by atoms with Gasteiger partial charge in [-0.25, -0.2) is 4.79 Å². The van der Waals surface area contributed by atoms with Crippen LogP contribution in [0.4, 0.5) is 5.00 Å². The highest BCUT2D eigenvalue weighted by molar-refractivity contribution is 7.14. The van der Waals surface area contributed by atoms with E-state index in [-0.39, 0.29) is 6.61 Å². The van der Waals surface area contributed by atoms with Crippen molar-refractivity contribution in [2.24, 2.45) is 0 Å². The van der Waals surface area contributed by atoms with E-state index in [1.54, 1.807) is 11.9 Å². The van der Waals surface area contributed by atoms with Gasteiger partial charge in [0.2, 0.25) is 0 Å². The van der Waals surface area contributed by atoms with Gasteiger partial charge in [0.25, 0.3) is 0 Å². The molecule has 1 heterocycles. The minimum atomic E-state index is -1.02. The van der Waals surface area contributed by atoms with Crippen LogP contribution in [0.3, 0.4) is 0 Å². The first-order chi connectivity index (χ1) is 6.16. The van der Waals surface area contributed by atoms with Crippen LogP contribution in [-0.4, -0.2) is 35.9 Å². The predicted molar refractivity (Wildman–Crippen MR) is 51.2 cm³/mol. The van der Waals surface area contributed by atoms with Gasteiger partial charge in [0.1, 0.15) is 0 Å². The SMILES string of the molecule is CN(c1cccs1)C(CO)C(=O)O. The van der Waals surface area contributed by atoms with E-state index >= 15 is 0 Å². The van der Waals surface area contributed by atoms with Crippen molar-refractivity contribution in [3.05, 3.63) is 17.5 Å². The Labute approximate surface area is 80.0 Å². The third kappa shape index (κ3) is 2.19. The molecule has 1 aromatic rings. The Kier molecular flexibility index (Phi) is 3.27. The smallest absolute Gasteiger partial charge is 0.328 e. The highest BCUT2D eigenvalue weighted by Gasteiger charge is 2.22. The number of likely N-dealkylation sites (N-methyl/N-ethyl adjacent to an activating group) is 1. The zero-order chi connectivity index (χ0) is 9.84. The fourth-order valence-corrected chi connectivity index (χ4v) is 1.74. The van der Waals surface area contributed by atoms with Gasteiger partial charge in [0.05, 0.1) is 11.6 Å². The third-order valence-electron chi connectivity index (χ3n) is 1.78. The van der Waals surface area contributed by atoms with Crippen LogP contribution in [0.15, 0.2) is 17.5 Å². The van der Waals surface area contributed by atoms with Gasteiger partial charge in [-0.05, 0) is 17.5 Å². The van der Waals surface area contributed by atoms with Gasteiger partial charge in [-0.1, -0.05) is 0 Å². The number of rotatable bonds is 4. The maximum atomic E-state index is 10.7. The van der Waals surface area contributed by atoms with E-state index in [9.17, 15) is 4.79 Å². The maximum absolute atomic E-state index is 10.7. The summed E-state index contributed by atoms with van der Waals surface area (Å²) in [7, 11) is 1.65. The van der Waals surface area contributed by atoms with Crippen LogP contribution in [0.2, 0.25) is 0 Å². The van der Waals surface area contributed by atoms with E-state index in [1.807, 2.05) is 17.5 Å². The first-order valence-corrected chi connectivity index (χ1v) is 4.64. The fraction of sp³-hybridized carbons (Fsp3) is 0.375. The largest absolute Gasteiger partial charge is 0.480 e. The Morgan fingerprint density at radius 3 is 2.85 bits per heavy atom. The summed E-state index contributed by atoms with van der Waals surface area (Å²) in [6.07, 6.45) is 0. The van der Waals surface area contributed by atoms with Crippen LogP contribution in [0.5, 0.6) is 0 Å². The molecule has 0 aromatic carbocycles. The molecule has 0 saturated heterocycles. The lowest BCUT2D eigenvalue weighted by Gasteiger charge is -2.23. The highest BCUT2D eigenvalue weighted by Crippen LogP contribution is 2.21. The van der Waals surface area contributed by atoms with E-state index < -0.39 is 12.0 Å². The fourth-order valence-electron chi connectivity index (χ4n) is 0.990. The number of thiophene rings is 1. The van der Waals surface area contributed by atoms with Crippen LogP contribution in [-0.2, 0) is 4.79 Å². The molecule has 0 radical (unpaired) electrons. The summed E-state index contributed by atoms with van der Waals surface area (Å²) in [6, 6.07) is 2.79. The monoisotopic (exact) mass is 201 g/mol. The zero-order valence-electron chi connectivity index (χ0n) is 7.17. The second kappa shape index (κ2) is 4.25. The van der Waals surface area contributed by atoms with Gasteiger partial charge in [-0.15, -0.1) is 11.3 Å². The number of anilines is 1. The number of aliphatic carboxylic acids is 1. The van der Waals surface area contributed by atoms with Crippen molar-refractivity contribution < 1.29 is 15.0 Å². The molecule has 13 heavy (non-hydrogen) atoms. The number of hydrogen-bond donors (Lipinski definition) is 2. The number of aliphatic hydroxyl groups is 1. The van der Waals surface area contributed by atoms with E-state index in [4.69, 9.17) is 10.2 Å². The number of aliphatic hydroxyl groups excluding tert-OH is 1. The first-order valence-electron chi connectivity index (χ1n) is 3.77. The Bertz CT molecular complexity index is 273. The second-order valence-electron chi connectivity index (χ2n) is 2.60. The lowest BCUT2D eigenvalue weighted by Crippen LogP contribution is -2.40. The van der Waals surface area contributed by atoms with Gasteiger partial charge in [0.15, 0.2) is 6.04 Å². The Balaban J connectivity index is 2.76. The molecule has 2 N–H and O–H groups in total. The van der Waals surface area contributed by atoms with Gasteiger partial charge >= 0.3 is 5.97 Å². The number of carbonyl (C=O) groups is 1. The van der Waals surface area contributed by atoms with Crippen molar-refractivity contribution in [1.82, 2.24) is 0 Å². The normalized spacial score (nSPS) is 12.5. The lowest BCUT2D eigenvalue weighted by atomic mass is 10.3. The molecule has 1 atom stereocenters. The predicted octanol–water partition coefficient (Wildman–Crippen LogP) is 0.630. The van der Waals surface area contributed by atoms with E-state index in [0.29, 0.717) is 0 Å².